The van der Waals surface area contributed by atoms with Gasteiger partial charge in [-0.25, -0.2) is 0 Å². The van der Waals surface area contributed by atoms with Crippen molar-refractivity contribution < 1.29 is 27.9 Å². The van der Waals surface area contributed by atoms with E-state index in [1.54, 1.807) is 0 Å². The Morgan fingerprint density at radius 3 is 2.56 bits per heavy atom. The number of carbonyl (C=O) groups excluding carboxylic acids is 1. The predicted octanol–water partition coefficient (Wildman–Crippen LogP) is 2.34. The fraction of sp³-hybridized carbons (Fsp3) is 0.167. The third-order valence-electron chi connectivity index (χ3n) is 1.97. The number of aliphatic carboxylic acids is 1. The second-order valence-electron chi connectivity index (χ2n) is 3.29. The van der Waals surface area contributed by atoms with Gasteiger partial charge in [0.15, 0.2) is 6.29 Å². The fourth-order valence-corrected chi connectivity index (χ4v) is 1.17. The highest BCUT2D eigenvalue weighted by Crippen LogP contribution is 2.30. The maximum Gasteiger partial charge on any atom is 0.416 e. The first-order valence-electron chi connectivity index (χ1n) is 4.71. The molecular weight excluding hydrogens is 249 g/mol. The molecule has 0 aromatic heterocycles. The van der Waals surface area contributed by atoms with Gasteiger partial charge in [-0.2, -0.15) is 13.2 Å². The number of carboxylic acids is 1. The fourth-order valence-electron chi connectivity index (χ4n) is 1.17. The van der Waals surface area contributed by atoms with Gasteiger partial charge in [0.25, 0.3) is 0 Å². The van der Waals surface area contributed by atoms with E-state index in [-0.39, 0.29) is 17.4 Å². The number of hydrogen-bond donors (Lipinski definition) is 1. The standard InChI is InChI=1S/C12H7F3O3/c13-12(14,15)10-5-4-8(9(6-10)7-16)2-1-3-11(17)18/h4-7H,3H2,(H,17,18). The number of carboxylic acid groups (broad SMARTS) is 1. The predicted molar refractivity (Wildman–Crippen MR) is 56.0 cm³/mol. The lowest BCUT2D eigenvalue weighted by molar-refractivity contribution is -0.138. The Hall–Kier alpha value is -2.29. The first-order valence-corrected chi connectivity index (χ1v) is 4.71. The highest BCUT2D eigenvalue weighted by atomic mass is 19.4. The van der Waals surface area contributed by atoms with Crippen LogP contribution < -0.4 is 0 Å². The first kappa shape index (κ1) is 13.8. The molecule has 0 fully saturated rings. The topological polar surface area (TPSA) is 54.4 Å². The van der Waals surface area contributed by atoms with Crippen LogP contribution in [-0.2, 0) is 11.0 Å². The summed E-state index contributed by atoms with van der Waals surface area (Å²) in [4.78, 5) is 20.9. The van der Waals surface area contributed by atoms with E-state index in [0.29, 0.717) is 6.07 Å². The molecule has 1 rings (SSSR count). The lowest BCUT2D eigenvalue weighted by Crippen LogP contribution is -2.06. The summed E-state index contributed by atoms with van der Waals surface area (Å²) in [5.41, 5.74) is -1.10. The zero-order chi connectivity index (χ0) is 13.8. The van der Waals surface area contributed by atoms with E-state index < -0.39 is 24.1 Å². The van der Waals surface area contributed by atoms with Gasteiger partial charge in [0.2, 0.25) is 0 Å². The van der Waals surface area contributed by atoms with Gasteiger partial charge >= 0.3 is 12.1 Å². The number of alkyl halides is 3. The Balaban J connectivity index is 3.11. The van der Waals surface area contributed by atoms with E-state index in [1.807, 2.05) is 0 Å². The van der Waals surface area contributed by atoms with Crippen molar-refractivity contribution in [2.75, 3.05) is 0 Å². The second kappa shape index (κ2) is 5.36. The normalized spacial score (nSPS) is 10.4. The Bertz CT molecular complexity index is 536. The Kier molecular flexibility index (Phi) is 4.10. The molecule has 18 heavy (non-hydrogen) atoms. The zero-order valence-corrected chi connectivity index (χ0v) is 8.91. The molecule has 94 valence electrons. The highest BCUT2D eigenvalue weighted by molar-refractivity contribution is 5.80. The molecule has 0 aliphatic rings. The maximum atomic E-state index is 12.4. The third-order valence-corrected chi connectivity index (χ3v) is 1.97. The average molecular weight is 256 g/mol. The van der Waals surface area contributed by atoms with Crippen molar-refractivity contribution in [2.45, 2.75) is 12.6 Å². The van der Waals surface area contributed by atoms with E-state index in [0.717, 1.165) is 12.1 Å². The number of carbonyl (C=O) groups is 2. The zero-order valence-electron chi connectivity index (χ0n) is 8.91. The Morgan fingerprint density at radius 1 is 1.39 bits per heavy atom. The van der Waals surface area contributed by atoms with Gasteiger partial charge in [-0.1, -0.05) is 11.8 Å². The van der Waals surface area contributed by atoms with E-state index >= 15 is 0 Å². The van der Waals surface area contributed by atoms with Crippen molar-refractivity contribution in [3.8, 4) is 11.8 Å². The van der Waals surface area contributed by atoms with E-state index in [4.69, 9.17) is 5.11 Å². The minimum Gasteiger partial charge on any atom is -0.481 e. The molecule has 0 atom stereocenters. The van der Waals surface area contributed by atoms with Crippen molar-refractivity contribution in [3.63, 3.8) is 0 Å². The van der Waals surface area contributed by atoms with Crippen LogP contribution in [0.3, 0.4) is 0 Å². The third kappa shape index (κ3) is 3.63. The molecule has 0 amide bonds. The summed E-state index contributed by atoms with van der Waals surface area (Å²) in [6, 6.07) is 2.51. The number of benzene rings is 1. The number of aldehydes is 1. The van der Waals surface area contributed by atoms with Crippen LogP contribution in [-0.4, -0.2) is 17.4 Å². The molecule has 0 heterocycles. The molecule has 6 heteroatoms. The van der Waals surface area contributed by atoms with Crippen molar-refractivity contribution in [1.82, 2.24) is 0 Å². The molecule has 1 N–H and O–H groups in total. The van der Waals surface area contributed by atoms with Gasteiger partial charge in [0, 0.05) is 11.1 Å². The minimum atomic E-state index is -4.54. The summed E-state index contributed by atoms with van der Waals surface area (Å²) in [5, 5.41) is 8.35. The molecular formula is C12H7F3O3. The van der Waals surface area contributed by atoms with Crippen molar-refractivity contribution in [1.29, 1.82) is 0 Å². The molecule has 0 spiro atoms. The van der Waals surface area contributed by atoms with Crippen LogP contribution in [0.2, 0.25) is 0 Å². The van der Waals surface area contributed by atoms with Gasteiger partial charge in [-0.15, -0.1) is 0 Å². The summed E-state index contributed by atoms with van der Waals surface area (Å²) >= 11 is 0. The lowest BCUT2D eigenvalue weighted by Gasteiger charge is -2.07. The molecule has 1 aromatic rings. The Labute approximate surface area is 100 Å². The minimum absolute atomic E-state index is 0.0688. The summed E-state index contributed by atoms with van der Waals surface area (Å²) in [6.07, 6.45) is -4.73. The van der Waals surface area contributed by atoms with Gasteiger partial charge in [-0.3, -0.25) is 9.59 Å². The van der Waals surface area contributed by atoms with Gasteiger partial charge in [-0.05, 0) is 18.2 Å². The molecule has 1 aromatic carbocycles. The maximum absolute atomic E-state index is 12.4. The highest BCUT2D eigenvalue weighted by Gasteiger charge is 2.30. The van der Waals surface area contributed by atoms with E-state index in [1.165, 1.54) is 0 Å². The van der Waals surface area contributed by atoms with Crippen LogP contribution >= 0.6 is 0 Å². The van der Waals surface area contributed by atoms with E-state index in [2.05, 4.69) is 11.8 Å². The average Bonchev–Trinajstić information content (AvgIpc) is 2.27. The largest absolute Gasteiger partial charge is 0.481 e. The molecule has 0 bridgehead atoms. The van der Waals surface area contributed by atoms with Crippen LogP contribution in [0.25, 0.3) is 0 Å². The SMILES string of the molecule is O=Cc1cc(C(F)(F)F)ccc1C#CCC(=O)O. The van der Waals surface area contributed by atoms with Crippen LogP contribution in [0.4, 0.5) is 13.2 Å². The summed E-state index contributed by atoms with van der Waals surface area (Å²) in [5.74, 6) is 3.44. The van der Waals surface area contributed by atoms with Crippen LogP contribution in [0, 0.1) is 11.8 Å². The van der Waals surface area contributed by atoms with E-state index in [9.17, 15) is 22.8 Å². The summed E-state index contributed by atoms with van der Waals surface area (Å²) in [6.45, 7) is 0. The number of halogens is 3. The molecule has 0 aliphatic carbocycles. The van der Waals surface area contributed by atoms with Crippen LogP contribution in [0.5, 0.6) is 0 Å². The van der Waals surface area contributed by atoms with Gasteiger partial charge < -0.3 is 5.11 Å². The summed E-state index contributed by atoms with van der Waals surface area (Å²) in [7, 11) is 0. The number of hydrogen-bond acceptors (Lipinski definition) is 2. The van der Waals surface area contributed by atoms with Crippen molar-refractivity contribution >= 4 is 12.3 Å². The first-order chi connectivity index (χ1) is 8.34. The van der Waals surface area contributed by atoms with Gasteiger partial charge in [0.05, 0.1) is 5.56 Å². The smallest absolute Gasteiger partial charge is 0.416 e. The molecule has 0 saturated carbocycles. The van der Waals surface area contributed by atoms with Crippen LogP contribution in [0.15, 0.2) is 18.2 Å². The second-order valence-corrected chi connectivity index (χ2v) is 3.29. The van der Waals surface area contributed by atoms with Crippen molar-refractivity contribution in [3.05, 3.63) is 34.9 Å². The molecule has 0 saturated heterocycles. The molecule has 0 aliphatic heterocycles. The number of rotatable bonds is 2. The van der Waals surface area contributed by atoms with Gasteiger partial charge in [0.1, 0.15) is 6.42 Å². The Morgan fingerprint density at radius 2 is 2.06 bits per heavy atom. The summed E-state index contributed by atoms with van der Waals surface area (Å²) < 4.78 is 37.1. The molecule has 0 unspecified atom stereocenters. The molecule has 3 nitrogen and oxygen atoms in total. The molecule has 0 radical (unpaired) electrons. The van der Waals surface area contributed by atoms with Crippen LogP contribution in [0.1, 0.15) is 27.9 Å². The monoisotopic (exact) mass is 256 g/mol. The van der Waals surface area contributed by atoms with Crippen molar-refractivity contribution in [2.24, 2.45) is 0 Å². The quantitative estimate of drug-likeness (QED) is 0.652. The lowest BCUT2D eigenvalue weighted by atomic mass is 10.0.